The number of nitrogens with one attached hydrogen (secondary N) is 1. The van der Waals surface area contributed by atoms with Crippen molar-refractivity contribution in [3.05, 3.63) is 17.2 Å². The number of hydrogen-bond acceptors (Lipinski definition) is 2. The Morgan fingerprint density at radius 1 is 1.62 bits per heavy atom. The molecule has 1 fully saturated rings. The molecule has 70 valence electrons. The number of nitrogens with zero attached hydrogens (tertiary/aromatic N) is 1. The average Bonchev–Trinajstić information content (AvgIpc) is 2.29. The van der Waals surface area contributed by atoms with Gasteiger partial charge in [0, 0.05) is 11.6 Å². The summed E-state index contributed by atoms with van der Waals surface area (Å²) in [5.41, 5.74) is 1.85. The maximum atomic E-state index is 10.6. The summed E-state index contributed by atoms with van der Waals surface area (Å²) < 4.78 is 0. The number of imidazole rings is 1. The van der Waals surface area contributed by atoms with Gasteiger partial charge in [0.1, 0.15) is 0 Å². The fraction of sp³-hybridized carbons (Fsp3) is 0.556. The largest absolute Gasteiger partial charge is 0.475 e. The molecule has 4 heteroatoms. The highest BCUT2D eigenvalue weighted by molar-refractivity contribution is 5.83. The molecule has 0 saturated heterocycles. The predicted octanol–water partition coefficient (Wildman–Crippen LogP) is 1.68. The standard InChI is InChI=1S/C9H12N2O2/c1-5-7(6-3-2-4-6)11-8(10-5)9(12)13/h6H,2-4H2,1H3,(H,10,11)(H,12,13). The third kappa shape index (κ3) is 1.32. The summed E-state index contributed by atoms with van der Waals surface area (Å²) in [6.45, 7) is 1.88. The van der Waals surface area contributed by atoms with Crippen molar-refractivity contribution in [3.63, 3.8) is 0 Å². The molecule has 0 amide bonds. The molecule has 4 nitrogen and oxygen atoms in total. The molecule has 2 N–H and O–H groups in total. The number of aromatic amines is 1. The average molecular weight is 180 g/mol. The molecule has 2 rings (SSSR count). The smallest absolute Gasteiger partial charge is 0.371 e. The highest BCUT2D eigenvalue weighted by Crippen LogP contribution is 2.36. The molecule has 1 saturated carbocycles. The third-order valence-electron chi connectivity index (χ3n) is 2.62. The highest BCUT2D eigenvalue weighted by Gasteiger charge is 2.25. The van der Waals surface area contributed by atoms with Crippen LogP contribution in [0.25, 0.3) is 0 Å². The first-order chi connectivity index (χ1) is 6.18. The number of carboxylic acids is 1. The van der Waals surface area contributed by atoms with Crippen molar-refractivity contribution in [1.82, 2.24) is 9.97 Å². The van der Waals surface area contributed by atoms with E-state index in [9.17, 15) is 4.79 Å². The van der Waals surface area contributed by atoms with Crippen LogP contribution in [-0.4, -0.2) is 21.0 Å². The van der Waals surface area contributed by atoms with E-state index >= 15 is 0 Å². The first-order valence-corrected chi connectivity index (χ1v) is 4.48. The minimum Gasteiger partial charge on any atom is -0.475 e. The van der Waals surface area contributed by atoms with Gasteiger partial charge in [0.05, 0.1) is 5.69 Å². The lowest BCUT2D eigenvalue weighted by atomic mass is 9.82. The Morgan fingerprint density at radius 2 is 2.31 bits per heavy atom. The zero-order chi connectivity index (χ0) is 9.42. The summed E-state index contributed by atoms with van der Waals surface area (Å²) >= 11 is 0. The van der Waals surface area contributed by atoms with Gasteiger partial charge in [0.2, 0.25) is 5.82 Å². The van der Waals surface area contributed by atoms with Crippen LogP contribution in [0, 0.1) is 6.92 Å². The van der Waals surface area contributed by atoms with E-state index in [1.165, 1.54) is 6.42 Å². The second kappa shape index (κ2) is 2.87. The van der Waals surface area contributed by atoms with Gasteiger partial charge in [-0.1, -0.05) is 6.42 Å². The van der Waals surface area contributed by atoms with Gasteiger partial charge >= 0.3 is 5.97 Å². The Balaban J connectivity index is 2.29. The van der Waals surface area contributed by atoms with Crippen molar-refractivity contribution < 1.29 is 9.90 Å². The quantitative estimate of drug-likeness (QED) is 0.727. The lowest BCUT2D eigenvalue weighted by molar-refractivity contribution is 0.0684. The number of aromatic nitrogens is 2. The van der Waals surface area contributed by atoms with Crippen LogP contribution < -0.4 is 0 Å². The summed E-state index contributed by atoms with van der Waals surface area (Å²) in [5, 5.41) is 8.70. The van der Waals surface area contributed by atoms with Gasteiger partial charge in [-0.15, -0.1) is 0 Å². The maximum Gasteiger partial charge on any atom is 0.371 e. The van der Waals surface area contributed by atoms with Gasteiger partial charge in [-0.05, 0) is 19.8 Å². The predicted molar refractivity (Wildman–Crippen MR) is 46.9 cm³/mol. The molecule has 1 heterocycles. The van der Waals surface area contributed by atoms with Crippen LogP contribution in [0.4, 0.5) is 0 Å². The first kappa shape index (κ1) is 8.29. The highest BCUT2D eigenvalue weighted by atomic mass is 16.4. The molecule has 13 heavy (non-hydrogen) atoms. The summed E-state index contributed by atoms with van der Waals surface area (Å²) in [6.07, 6.45) is 3.52. The van der Waals surface area contributed by atoms with Gasteiger partial charge in [-0.3, -0.25) is 0 Å². The third-order valence-corrected chi connectivity index (χ3v) is 2.62. The lowest BCUT2D eigenvalue weighted by Crippen LogP contribution is -2.10. The second-order valence-electron chi connectivity index (χ2n) is 3.53. The van der Waals surface area contributed by atoms with Crippen LogP contribution in [0.1, 0.15) is 47.2 Å². The zero-order valence-electron chi connectivity index (χ0n) is 7.50. The van der Waals surface area contributed by atoms with E-state index in [1.807, 2.05) is 6.92 Å². The number of aryl methyl sites for hydroxylation is 1. The fourth-order valence-corrected chi connectivity index (χ4v) is 1.65. The van der Waals surface area contributed by atoms with E-state index in [1.54, 1.807) is 0 Å². The molecule has 1 aromatic heterocycles. The van der Waals surface area contributed by atoms with E-state index < -0.39 is 5.97 Å². The lowest BCUT2D eigenvalue weighted by Gasteiger charge is -2.23. The Hall–Kier alpha value is -1.32. The number of hydrogen-bond donors (Lipinski definition) is 2. The SMILES string of the molecule is Cc1[nH]c(C(=O)O)nc1C1CCC1. The van der Waals surface area contributed by atoms with Crippen molar-refractivity contribution in [3.8, 4) is 0 Å². The van der Waals surface area contributed by atoms with E-state index in [-0.39, 0.29) is 5.82 Å². The molecule has 0 spiro atoms. The van der Waals surface area contributed by atoms with Crippen molar-refractivity contribution in [2.45, 2.75) is 32.1 Å². The van der Waals surface area contributed by atoms with Gasteiger partial charge in [-0.2, -0.15) is 0 Å². The van der Waals surface area contributed by atoms with Crippen molar-refractivity contribution in [1.29, 1.82) is 0 Å². The van der Waals surface area contributed by atoms with E-state index in [2.05, 4.69) is 9.97 Å². The van der Waals surface area contributed by atoms with E-state index in [4.69, 9.17) is 5.11 Å². The first-order valence-electron chi connectivity index (χ1n) is 4.48. The molecule has 0 aromatic carbocycles. The van der Waals surface area contributed by atoms with Crippen molar-refractivity contribution in [2.24, 2.45) is 0 Å². The maximum absolute atomic E-state index is 10.6. The number of carbonyl (C=O) groups is 1. The Bertz CT molecular complexity index is 339. The topological polar surface area (TPSA) is 66.0 Å². The Morgan fingerprint density at radius 3 is 2.69 bits per heavy atom. The van der Waals surface area contributed by atoms with Gasteiger partial charge in [0.25, 0.3) is 0 Å². The van der Waals surface area contributed by atoms with Gasteiger partial charge < -0.3 is 10.1 Å². The fourth-order valence-electron chi connectivity index (χ4n) is 1.65. The molecule has 1 aliphatic carbocycles. The van der Waals surface area contributed by atoms with Crippen LogP contribution in [0.15, 0.2) is 0 Å². The molecule has 0 unspecified atom stereocenters. The van der Waals surface area contributed by atoms with E-state index in [0.29, 0.717) is 5.92 Å². The zero-order valence-corrected chi connectivity index (χ0v) is 7.50. The number of H-pyrrole nitrogens is 1. The Kier molecular flexibility index (Phi) is 1.83. The number of rotatable bonds is 2. The number of aromatic carboxylic acids is 1. The monoisotopic (exact) mass is 180 g/mol. The van der Waals surface area contributed by atoms with E-state index in [0.717, 1.165) is 24.2 Å². The number of carboxylic acid groups (broad SMARTS) is 1. The molecule has 0 bridgehead atoms. The summed E-state index contributed by atoms with van der Waals surface area (Å²) in [7, 11) is 0. The van der Waals surface area contributed by atoms with Crippen molar-refractivity contribution >= 4 is 5.97 Å². The van der Waals surface area contributed by atoms with Crippen LogP contribution in [0.3, 0.4) is 0 Å². The van der Waals surface area contributed by atoms with Crippen LogP contribution >= 0.6 is 0 Å². The molecular weight excluding hydrogens is 168 g/mol. The molecule has 1 aromatic rings. The molecular formula is C9H12N2O2. The second-order valence-corrected chi connectivity index (χ2v) is 3.53. The van der Waals surface area contributed by atoms with Gasteiger partial charge in [0.15, 0.2) is 0 Å². The summed E-state index contributed by atoms with van der Waals surface area (Å²) in [4.78, 5) is 17.5. The van der Waals surface area contributed by atoms with Gasteiger partial charge in [-0.25, -0.2) is 9.78 Å². The minimum atomic E-state index is -0.978. The normalized spacial score (nSPS) is 17.0. The van der Waals surface area contributed by atoms with Crippen LogP contribution in [0.5, 0.6) is 0 Å². The molecule has 1 aliphatic rings. The van der Waals surface area contributed by atoms with Crippen LogP contribution in [-0.2, 0) is 0 Å². The molecule has 0 radical (unpaired) electrons. The van der Waals surface area contributed by atoms with Crippen molar-refractivity contribution in [2.75, 3.05) is 0 Å². The summed E-state index contributed by atoms with van der Waals surface area (Å²) in [5.74, 6) is -0.419. The molecule has 0 atom stereocenters. The summed E-state index contributed by atoms with van der Waals surface area (Å²) in [6, 6.07) is 0. The molecule has 0 aliphatic heterocycles. The minimum absolute atomic E-state index is 0.0689. The Labute approximate surface area is 76.0 Å². The van der Waals surface area contributed by atoms with Crippen LogP contribution in [0.2, 0.25) is 0 Å².